The monoisotopic (exact) mass is 224 g/mol. The zero-order valence-corrected chi connectivity index (χ0v) is 9.80. The molecule has 0 aliphatic heterocycles. The van der Waals surface area contributed by atoms with Gasteiger partial charge in [-0.3, -0.25) is 0 Å². The molecule has 0 aromatic heterocycles. The first-order valence-electron chi connectivity index (χ1n) is 5.63. The van der Waals surface area contributed by atoms with Crippen molar-refractivity contribution in [2.24, 2.45) is 0 Å². The molecule has 0 bridgehead atoms. The maximum absolute atomic E-state index is 9.79. The maximum atomic E-state index is 9.79. The van der Waals surface area contributed by atoms with Gasteiger partial charge in [0, 0.05) is 6.61 Å². The van der Waals surface area contributed by atoms with Gasteiger partial charge in [-0.2, -0.15) is 0 Å². The highest BCUT2D eigenvalue weighted by Crippen LogP contribution is 2.21. The third-order valence-electron chi connectivity index (χ3n) is 2.73. The van der Waals surface area contributed by atoms with E-state index in [4.69, 9.17) is 5.11 Å². The van der Waals surface area contributed by atoms with E-state index in [0.29, 0.717) is 11.5 Å². The van der Waals surface area contributed by atoms with E-state index >= 15 is 0 Å². The zero-order valence-electron chi connectivity index (χ0n) is 9.80. The van der Waals surface area contributed by atoms with Crippen molar-refractivity contribution in [2.45, 2.75) is 38.4 Å². The van der Waals surface area contributed by atoms with Gasteiger partial charge in [0.2, 0.25) is 0 Å². The summed E-state index contributed by atoms with van der Waals surface area (Å²) in [6, 6.07) is 7.55. The van der Waals surface area contributed by atoms with E-state index in [1.54, 1.807) is 0 Å². The summed E-state index contributed by atoms with van der Waals surface area (Å²) >= 11 is 0. The molecular formula is C13H20O3. The third-order valence-corrected chi connectivity index (χ3v) is 2.73. The van der Waals surface area contributed by atoms with Crippen molar-refractivity contribution >= 4 is 0 Å². The standard InChI is InChI=1S/C13H20O3/c1-9(2)10-3-5-11(6-4-10)13(16)12(15)7-8-14/h3-6,9,12-16H,7-8H2,1-2H3. The molecule has 0 saturated heterocycles. The first-order chi connectivity index (χ1) is 7.56. The number of benzene rings is 1. The average Bonchev–Trinajstić information content (AvgIpc) is 2.28. The molecule has 3 heteroatoms. The summed E-state index contributed by atoms with van der Waals surface area (Å²) in [5.41, 5.74) is 1.89. The third kappa shape index (κ3) is 3.30. The Morgan fingerprint density at radius 3 is 1.94 bits per heavy atom. The molecule has 1 rings (SSSR count). The molecule has 3 N–H and O–H groups in total. The van der Waals surface area contributed by atoms with Crippen LogP contribution >= 0.6 is 0 Å². The molecule has 3 nitrogen and oxygen atoms in total. The van der Waals surface area contributed by atoms with Crippen LogP contribution in [0.2, 0.25) is 0 Å². The molecule has 0 aliphatic carbocycles. The van der Waals surface area contributed by atoms with Gasteiger partial charge in [-0.15, -0.1) is 0 Å². The van der Waals surface area contributed by atoms with Crippen LogP contribution in [0.25, 0.3) is 0 Å². The molecule has 1 aromatic rings. The summed E-state index contributed by atoms with van der Waals surface area (Å²) < 4.78 is 0. The molecule has 0 amide bonds. The summed E-state index contributed by atoms with van der Waals surface area (Å²) in [6.07, 6.45) is -1.64. The molecule has 2 atom stereocenters. The molecule has 0 saturated carbocycles. The predicted molar refractivity (Wildman–Crippen MR) is 63.2 cm³/mol. The Hall–Kier alpha value is -0.900. The Morgan fingerprint density at radius 1 is 1.00 bits per heavy atom. The fraction of sp³-hybridized carbons (Fsp3) is 0.538. The number of aliphatic hydroxyl groups is 3. The van der Waals surface area contributed by atoms with Gasteiger partial charge in [-0.05, 0) is 23.5 Å². The van der Waals surface area contributed by atoms with Crippen LogP contribution in [-0.4, -0.2) is 28.0 Å². The number of aliphatic hydroxyl groups excluding tert-OH is 3. The normalized spacial score (nSPS) is 15.1. The van der Waals surface area contributed by atoms with Crippen molar-refractivity contribution in [2.75, 3.05) is 6.61 Å². The van der Waals surface area contributed by atoms with E-state index < -0.39 is 12.2 Å². The molecular weight excluding hydrogens is 204 g/mol. The molecule has 1 aromatic carbocycles. The van der Waals surface area contributed by atoms with Crippen molar-refractivity contribution in [3.63, 3.8) is 0 Å². The van der Waals surface area contributed by atoms with E-state index in [-0.39, 0.29) is 13.0 Å². The lowest BCUT2D eigenvalue weighted by atomic mass is 9.97. The van der Waals surface area contributed by atoms with Gasteiger partial charge in [0.05, 0.1) is 6.10 Å². The van der Waals surface area contributed by atoms with Crippen molar-refractivity contribution in [3.05, 3.63) is 35.4 Å². The summed E-state index contributed by atoms with van der Waals surface area (Å²) in [6.45, 7) is 4.08. The van der Waals surface area contributed by atoms with Crippen LogP contribution in [0, 0.1) is 0 Å². The first kappa shape index (κ1) is 13.2. The second kappa shape index (κ2) is 5.99. The van der Waals surface area contributed by atoms with Gasteiger partial charge >= 0.3 is 0 Å². The topological polar surface area (TPSA) is 60.7 Å². The minimum absolute atomic E-state index is 0.123. The average molecular weight is 224 g/mol. The van der Waals surface area contributed by atoms with E-state index in [0.717, 1.165) is 0 Å². The van der Waals surface area contributed by atoms with Crippen LogP contribution in [0.3, 0.4) is 0 Å². The lowest BCUT2D eigenvalue weighted by molar-refractivity contribution is 0.00421. The molecule has 0 aliphatic rings. The predicted octanol–water partition coefficient (Wildman–Crippen LogP) is 1.59. The Morgan fingerprint density at radius 2 is 1.50 bits per heavy atom. The summed E-state index contributed by atoms with van der Waals surface area (Å²) in [5, 5.41) is 28.0. The smallest absolute Gasteiger partial charge is 0.105 e. The van der Waals surface area contributed by atoms with Crippen molar-refractivity contribution < 1.29 is 15.3 Å². The van der Waals surface area contributed by atoms with Gasteiger partial charge in [-0.1, -0.05) is 38.1 Å². The first-order valence-corrected chi connectivity index (χ1v) is 5.63. The van der Waals surface area contributed by atoms with E-state index in [2.05, 4.69) is 13.8 Å². The molecule has 0 spiro atoms. The van der Waals surface area contributed by atoms with Crippen LogP contribution in [0.5, 0.6) is 0 Å². The fourth-order valence-electron chi connectivity index (χ4n) is 1.59. The van der Waals surface area contributed by atoms with Crippen LogP contribution in [0.15, 0.2) is 24.3 Å². The maximum Gasteiger partial charge on any atom is 0.105 e. The van der Waals surface area contributed by atoms with E-state index in [1.807, 2.05) is 24.3 Å². The van der Waals surface area contributed by atoms with E-state index in [1.165, 1.54) is 5.56 Å². The van der Waals surface area contributed by atoms with Gasteiger partial charge in [0.15, 0.2) is 0 Å². The highest BCUT2D eigenvalue weighted by Gasteiger charge is 2.17. The highest BCUT2D eigenvalue weighted by molar-refractivity contribution is 5.26. The van der Waals surface area contributed by atoms with Crippen LogP contribution in [0.1, 0.15) is 43.4 Å². The van der Waals surface area contributed by atoms with Gasteiger partial charge in [0.25, 0.3) is 0 Å². The minimum atomic E-state index is -0.923. The molecule has 0 radical (unpaired) electrons. The lowest BCUT2D eigenvalue weighted by Gasteiger charge is -2.17. The zero-order chi connectivity index (χ0) is 12.1. The van der Waals surface area contributed by atoms with Crippen molar-refractivity contribution in [1.29, 1.82) is 0 Å². The summed E-state index contributed by atoms with van der Waals surface area (Å²) in [4.78, 5) is 0. The molecule has 16 heavy (non-hydrogen) atoms. The Kier molecular flexibility index (Phi) is 4.93. The van der Waals surface area contributed by atoms with E-state index in [9.17, 15) is 10.2 Å². The fourth-order valence-corrected chi connectivity index (χ4v) is 1.59. The Bertz CT molecular complexity index is 305. The molecule has 0 heterocycles. The van der Waals surface area contributed by atoms with Gasteiger partial charge in [-0.25, -0.2) is 0 Å². The van der Waals surface area contributed by atoms with Crippen LogP contribution in [-0.2, 0) is 0 Å². The Balaban J connectivity index is 2.73. The van der Waals surface area contributed by atoms with Crippen LogP contribution < -0.4 is 0 Å². The van der Waals surface area contributed by atoms with Gasteiger partial charge in [0.1, 0.15) is 6.10 Å². The SMILES string of the molecule is CC(C)c1ccc(C(O)C(O)CCO)cc1. The summed E-state index contributed by atoms with van der Waals surface area (Å²) in [5.74, 6) is 0.452. The molecule has 0 fully saturated rings. The number of rotatable bonds is 5. The second-order valence-electron chi connectivity index (χ2n) is 4.35. The van der Waals surface area contributed by atoms with Gasteiger partial charge < -0.3 is 15.3 Å². The lowest BCUT2D eigenvalue weighted by Crippen LogP contribution is -2.19. The largest absolute Gasteiger partial charge is 0.396 e. The number of hydrogen-bond donors (Lipinski definition) is 3. The second-order valence-corrected chi connectivity index (χ2v) is 4.35. The van der Waals surface area contributed by atoms with Crippen molar-refractivity contribution in [1.82, 2.24) is 0 Å². The Labute approximate surface area is 96.4 Å². The minimum Gasteiger partial charge on any atom is -0.396 e. The summed E-state index contributed by atoms with van der Waals surface area (Å²) in [7, 11) is 0. The number of hydrogen-bond acceptors (Lipinski definition) is 3. The molecule has 2 unspecified atom stereocenters. The highest BCUT2D eigenvalue weighted by atomic mass is 16.3. The van der Waals surface area contributed by atoms with Crippen LogP contribution in [0.4, 0.5) is 0 Å². The quantitative estimate of drug-likeness (QED) is 0.711. The van der Waals surface area contributed by atoms with Crippen molar-refractivity contribution in [3.8, 4) is 0 Å². The molecule has 90 valence electrons.